The molecule has 0 bridgehead atoms. The number of nitrogens with one attached hydrogen (secondary N) is 1. The first-order valence-corrected chi connectivity index (χ1v) is 5.86. The van der Waals surface area contributed by atoms with E-state index in [1.165, 1.54) is 18.2 Å². The molecule has 1 unspecified atom stereocenters. The number of hydrogen-bond acceptors (Lipinski definition) is 3. The van der Waals surface area contributed by atoms with Crippen molar-refractivity contribution in [1.29, 1.82) is 0 Å². The highest BCUT2D eigenvalue weighted by atomic mass is 19.1. The second-order valence-electron chi connectivity index (χ2n) is 4.82. The molecule has 1 aromatic carbocycles. The molecule has 1 rings (SSSR count). The van der Waals surface area contributed by atoms with Gasteiger partial charge in [-0.25, -0.2) is 8.78 Å². The summed E-state index contributed by atoms with van der Waals surface area (Å²) in [7, 11) is 3.81. The molecule has 0 aliphatic carbocycles. The Morgan fingerprint density at radius 3 is 2.28 bits per heavy atom. The van der Waals surface area contributed by atoms with Crippen LogP contribution in [0.4, 0.5) is 8.78 Å². The van der Waals surface area contributed by atoms with Crippen LogP contribution in [0.15, 0.2) is 18.2 Å². The Morgan fingerprint density at radius 2 is 1.83 bits per heavy atom. The van der Waals surface area contributed by atoms with Crippen LogP contribution < -0.4 is 5.32 Å². The van der Waals surface area contributed by atoms with Crippen LogP contribution in [-0.2, 0) is 5.54 Å². The first-order valence-electron chi connectivity index (χ1n) is 5.86. The summed E-state index contributed by atoms with van der Waals surface area (Å²) in [6, 6.07) is 3.70. The van der Waals surface area contributed by atoms with E-state index in [1.54, 1.807) is 6.92 Å². The smallest absolute Gasteiger partial charge is 0.131 e. The van der Waals surface area contributed by atoms with Gasteiger partial charge < -0.3 is 15.3 Å². The van der Waals surface area contributed by atoms with Crippen LogP contribution in [-0.4, -0.2) is 43.8 Å². The van der Waals surface area contributed by atoms with E-state index < -0.39 is 17.2 Å². The van der Waals surface area contributed by atoms with Gasteiger partial charge >= 0.3 is 0 Å². The zero-order chi connectivity index (χ0) is 13.8. The number of hydrogen-bond donors (Lipinski definition) is 2. The van der Waals surface area contributed by atoms with Gasteiger partial charge in [0.1, 0.15) is 11.6 Å². The standard InChI is InChI=1S/C13H20F2N2O/c1-13(9-18,16-7-8-17(2)3)12-10(14)5-4-6-11(12)15/h4-6,16,18H,7-9H2,1-3H3. The third-order valence-electron chi connectivity index (χ3n) is 2.90. The summed E-state index contributed by atoms with van der Waals surface area (Å²) in [6.07, 6.45) is 0. The van der Waals surface area contributed by atoms with Gasteiger partial charge in [0.2, 0.25) is 0 Å². The summed E-state index contributed by atoms with van der Waals surface area (Å²) >= 11 is 0. The van der Waals surface area contributed by atoms with Gasteiger partial charge in [0.05, 0.1) is 12.1 Å². The summed E-state index contributed by atoms with van der Waals surface area (Å²) in [5.41, 5.74) is -1.24. The average Bonchev–Trinajstić information content (AvgIpc) is 2.28. The maximum Gasteiger partial charge on any atom is 0.131 e. The molecule has 2 N–H and O–H groups in total. The molecule has 1 aromatic rings. The lowest BCUT2D eigenvalue weighted by Gasteiger charge is -2.30. The van der Waals surface area contributed by atoms with Crippen LogP contribution in [0, 0.1) is 11.6 Å². The lowest BCUT2D eigenvalue weighted by atomic mass is 9.91. The third-order valence-corrected chi connectivity index (χ3v) is 2.90. The van der Waals surface area contributed by atoms with E-state index in [9.17, 15) is 13.9 Å². The molecule has 0 aromatic heterocycles. The molecule has 0 fully saturated rings. The normalized spacial score (nSPS) is 14.8. The molecule has 0 saturated heterocycles. The summed E-state index contributed by atoms with van der Waals surface area (Å²) in [6.45, 7) is 2.45. The number of nitrogens with zero attached hydrogens (tertiary/aromatic N) is 1. The molecule has 0 amide bonds. The molecule has 0 aliphatic heterocycles. The lowest BCUT2D eigenvalue weighted by molar-refractivity contribution is 0.164. The van der Waals surface area contributed by atoms with Crippen LogP contribution >= 0.6 is 0 Å². The van der Waals surface area contributed by atoms with Crippen LogP contribution in [0.2, 0.25) is 0 Å². The fourth-order valence-electron chi connectivity index (χ4n) is 1.80. The third kappa shape index (κ3) is 3.48. The van der Waals surface area contributed by atoms with Gasteiger partial charge in [0.15, 0.2) is 0 Å². The topological polar surface area (TPSA) is 35.5 Å². The minimum Gasteiger partial charge on any atom is -0.394 e. The van der Waals surface area contributed by atoms with Crippen molar-refractivity contribution in [3.63, 3.8) is 0 Å². The molecule has 5 heteroatoms. The summed E-state index contributed by atoms with van der Waals surface area (Å²) in [5, 5.41) is 12.4. The summed E-state index contributed by atoms with van der Waals surface area (Å²) < 4.78 is 27.4. The highest BCUT2D eigenvalue weighted by Gasteiger charge is 2.31. The van der Waals surface area contributed by atoms with Crippen molar-refractivity contribution in [1.82, 2.24) is 10.2 Å². The number of rotatable bonds is 6. The van der Waals surface area contributed by atoms with Gasteiger partial charge in [-0.05, 0) is 33.2 Å². The number of benzene rings is 1. The lowest BCUT2D eigenvalue weighted by Crippen LogP contribution is -2.46. The highest BCUT2D eigenvalue weighted by molar-refractivity contribution is 5.27. The van der Waals surface area contributed by atoms with Gasteiger partial charge in [-0.15, -0.1) is 0 Å². The van der Waals surface area contributed by atoms with Crippen molar-refractivity contribution < 1.29 is 13.9 Å². The number of aliphatic hydroxyl groups is 1. The Kier molecular flexibility index (Phi) is 5.19. The maximum atomic E-state index is 13.7. The predicted molar refractivity (Wildman–Crippen MR) is 67.4 cm³/mol. The van der Waals surface area contributed by atoms with Crippen molar-refractivity contribution in [3.05, 3.63) is 35.4 Å². The van der Waals surface area contributed by atoms with Crippen molar-refractivity contribution in [3.8, 4) is 0 Å². The highest BCUT2D eigenvalue weighted by Crippen LogP contribution is 2.25. The zero-order valence-electron chi connectivity index (χ0n) is 11.0. The quantitative estimate of drug-likeness (QED) is 0.808. The first-order chi connectivity index (χ1) is 8.40. The Bertz CT molecular complexity index is 378. The van der Waals surface area contributed by atoms with Crippen LogP contribution in [0.3, 0.4) is 0 Å². The van der Waals surface area contributed by atoms with Gasteiger partial charge in [0, 0.05) is 18.7 Å². The Morgan fingerprint density at radius 1 is 1.28 bits per heavy atom. The van der Waals surface area contributed by atoms with Crippen LogP contribution in [0.25, 0.3) is 0 Å². The summed E-state index contributed by atoms with van der Waals surface area (Å²) in [4.78, 5) is 1.95. The molecular formula is C13H20F2N2O. The monoisotopic (exact) mass is 258 g/mol. The molecule has 0 radical (unpaired) electrons. The second kappa shape index (κ2) is 6.22. The SMILES string of the molecule is CN(C)CCNC(C)(CO)c1c(F)cccc1F. The molecule has 102 valence electrons. The Hall–Kier alpha value is -1.04. The van der Waals surface area contributed by atoms with E-state index in [4.69, 9.17) is 0 Å². The average molecular weight is 258 g/mol. The molecule has 0 heterocycles. The van der Waals surface area contributed by atoms with Gasteiger partial charge in [-0.2, -0.15) is 0 Å². The molecule has 18 heavy (non-hydrogen) atoms. The number of likely N-dealkylation sites (N-methyl/N-ethyl adjacent to an activating group) is 1. The van der Waals surface area contributed by atoms with Crippen molar-refractivity contribution in [2.24, 2.45) is 0 Å². The molecule has 0 aliphatic rings. The minimum atomic E-state index is -1.12. The van der Waals surface area contributed by atoms with E-state index in [1.807, 2.05) is 19.0 Å². The van der Waals surface area contributed by atoms with Crippen molar-refractivity contribution in [2.75, 3.05) is 33.8 Å². The van der Waals surface area contributed by atoms with E-state index >= 15 is 0 Å². The number of aliphatic hydroxyl groups excluding tert-OH is 1. The van der Waals surface area contributed by atoms with Crippen molar-refractivity contribution in [2.45, 2.75) is 12.5 Å². The largest absolute Gasteiger partial charge is 0.394 e. The molecule has 3 nitrogen and oxygen atoms in total. The Labute approximate surface area is 106 Å². The number of halogens is 2. The van der Waals surface area contributed by atoms with Gasteiger partial charge in [-0.1, -0.05) is 6.07 Å². The predicted octanol–water partition coefficient (Wildman–Crippen LogP) is 1.32. The summed E-state index contributed by atoms with van der Waals surface area (Å²) in [5.74, 6) is -1.30. The van der Waals surface area contributed by atoms with Crippen molar-refractivity contribution >= 4 is 0 Å². The minimum absolute atomic E-state index is 0.119. The zero-order valence-corrected chi connectivity index (χ0v) is 11.0. The molecule has 0 spiro atoms. The van der Waals surface area contributed by atoms with Gasteiger partial charge in [-0.3, -0.25) is 0 Å². The fraction of sp³-hybridized carbons (Fsp3) is 0.538. The van der Waals surface area contributed by atoms with E-state index in [0.717, 1.165) is 0 Å². The first kappa shape index (κ1) is 15.0. The maximum absolute atomic E-state index is 13.7. The molecule has 0 saturated carbocycles. The van der Waals surface area contributed by atoms with Crippen LogP contribution in [0.5, 0.6) is 0 Å². The second-order valence-corrected chi connectivity index (χ2v) is 4.82. The van der Waals surface area contributed by atoms with Gasteiger partial charge in [0.25, 0.3) is 0 Å². The Balaban J connectivity index is 2.92. The van der Waals surface area contributed by atoms with Crippen LogP contribution in [0.1, 0.15) is 12.5 Å². The molecule has 1 atom stereocenters. The fourth-order valence-corrected chi connectivity index (χ4v) is 1.80. The molecular weight excluding hydrogens is 238 g/mol. The van der Waals surface area contributed by atoms with E-state index in [0.29, 0.717) is 13.1 Å². The van der Waals surface area contributed by atoms with E-state index in [2.05, 4.69) is 5.32 Å². The van der Waals surface area contributed by atoms with E-state index in [-0.39, 0.29) is 12.2 Å².